The second-order valence-corrected chi connectivity index (χ2v) is 5.64. The third kappa shape index (κ3) is 2.06. The molecule has 1 aromatic rings. The van der Waals surface area contributed by atoms with Gasteiger partial charge in [-0.15, -0.1) is 0 Å². The number of halogens is 1. The van der Waals surface area contributed by atoms with Crippen molar-refractivity contribution in [2.45, 2.75) is 31.7 Å². The highest BCUT2D eigenvalue weighted by Crippen LogP contribution is 2.44. The first-order chi connectivity index (χ1) is 8.24. The standard InChI is InChI=1S/C14H16ClNO/c15-12-4-2-1-3-11(12)14(17)16-13-8-9-5-6-10(13)7-9/h1-4,9-10,13H,5-8H2,(H,16,17)/t9-,10-,13-/m1/s1. The summed E-state index contributed by atoms with van der Waals surface area (Å²) < 4.78 is 0. The maximum Gasteiger partial charge on any atom is 0.253 e. The second kappa shape index (κ2) is 4.34. The Labute approximate surface area is 106 Å². The lowest BCUT2D eigenvalue weighted by Crippen LogP contribution is -2.38. The molecule has 2 saturated carbocycles. The van der Waals surface area contributed by atoms with Crippen LogP contribution in [0.3, 0.4) is 0 Å². The van der Waals surface area contributed by atoms with Gasteiger partial charge in [-0.05, 0) is 43.2 Å². The van der Waals surface area contributed by atoms with E-state index in [0.717, 1.165) is 12.3 Å². The fraction of sp³-hybridized carbons (Fsp3) is 0.500. The first-order valence-electron chi connectivity index (χ1n) is 6.29. The van der Waals surface area contributed by atoms with E-state index >= 15 is 0 Å². The third-order valence-corrected chi connectivity index (χ3v) is 4.50. The predicted molar refractivity (Wildman–Crippen MR) is 68.2 cm³/mol. The predicted octanol–water partition coefficient (Wildman–Crippen LogP) is 3.26. The quantitative estimate of drug-likeness (QED) is 0.857. The Hall–Kier alpha value is -1.02. The topological polar surface area (TPSA) is 29.1 Å². The number of hydrogen-bond acceptors (Lipinski definition) is 1. The van der Waals surface area contributed by atoms with Gasteiger partial charge >= 0.3 is 0 Å². The SMILES string of the molecule is O=C(N[C@@H]1C[C@@H]2CC[C@@H]1C2)c1ccccc1Cl. The largest absolute Gasteiger partial charge is 0.349 e. The van der Waals surface area contributed by atoms with Gasteiger partial charge in [0.25, 0.3) is 5.91 Å². The monoisotopic (exact) mass is 249 g/mol. The number of hydrogen-bond donors (Lipinski definition) is 1. The average Bonchev–Trinajstić information content (AvgIpc) is 2.91. The van der Waals surface area contributed by atoms with Gasteiger partial charge in [-0.3, -0.25) is 4.79 Å². The zero-order valence-electron chi connectivity index (χ0n) is 9.66. The maximum absolute atomic E-state index is 12.1. The van der Waals surface area contributed by atoms with Gasteiger partial charge < -0.3 is 5.32 Å². The summed E-state index contributed by atoms with van der Waals surface area (Å²) in [6, 6.07) is 7.61. The normalized spacial score (nSPS) is 30.5. The molecule has 1 N–H and O–H groups in total. The molecule has 0 aromatic heterocycles. The molecule has 2 aliphatic rings. The molecule has 0 saturated heterocycles. The van der Waals surface area contributed by atoms with E-state index in [2.05, 4.69) is 5.32 Å². The Bertz CT molecular complexity index is 446. The van der Waals surface area contributed by atoms with E-state index in [-0.39, 0.29) is 5.91 Å². The molecule has 2 bridgehead atoms. The lowest BCUT2D eigenvalue weighted by Gasteiger charge is -2.23. The molecule has 0 spiro atoms. The minimum absolute atomic E-state index is 0.0202. The summed E-state index contributed by atoms with van der Waals surface area (Å²) >= 11 is 6.02. The molecular weight excluding hydrogens is 234 g/mol. The van der Waals surface area contributed by atoms with E-state index in [4.69, 9.17) is 11.6 Å². The minimum atomic E-state index is -0.0202. The van der Waals surface area contributed by atoms with Gasteiger partial charge in [0.2, 0.25) is 0 Å². The van der Waals surface area contributed by atoms with E-state index < -0.39 is 0 Å². The molecule has 2 fully saturated rings. The van der Waals surface area contributed by atoms with Crippen molar-refractivity contribution in [3.8, 4) is 0 Å². The van der Waals surface area contributed by atoms with Gasteiger partial charge in [0.05, 0.1) is 10.6 Å². The molecular formula is C14H16ClNO. The molecule has 3 rings (SSSR count). The van der Waals surface area contributed by atoms with E-state index in [9.17, 15) is 4.79 Å². The van der Waals surface area contributed by atoms with E-state index in [0.29, 0.717) is 22.5 Å². The van der Waals surface area contributed by atoms with E-state index in [1.54, 1.807) is 12.1 Å². The summed E-state index contributed by atoms with van der Waals surface area (Å²) in [5.41, 5.74) is 0.594. The number of rotatable bonds is 2. The fourth-order valence-corrected chi connectivity index (χ4v) is 3.53. The number of fused-ring (bicyclic) bond motifs is 2. The van der Waals surface area contributed by atoms with Crippen LogP contribution in [0.25, 0.3) is 0 Å². The van der Waals surface area contributed by atoms with Crippen molar-refractivity contribution in [1.82, 2.24) is 5.32 Å². The minimum Gasteiger partial charge on any atom is -0.349 e. The Morgan fingerprint density at radius 1 is 1.24 bits per heavy atom. The molecule has 17 heavy (non-hydrogen) atoms. The number of carbonyl (C=O) groups is 1. The summed E-state index contributed by atoms with van der Waals surface area (Å²) in [5, 5.41) is 3.68. The molecule has 1 amide bonds. The lowest BCUT2D eigenvalue weighted by molar-refractivity contribution is 0.0923. The molecule has 3 heteroatoms. The van der Waals surface area contributed by atoms with Crippen molar-refractivity contribution in [2.24, 2.45) is 11.8 Å². The van der Waals surface area contributed by atoms with Gasteiger partial charge in [0.1, 0.15) is 0 Å². The van der Waals surface area contributed by atoms with Crippen LogP contribution in [0.1, 0.15) is 36.0 Å². The molecule has 0 heterocycles. The van der Waals surface area contributed by atoms with Gasteiger partial charge in [-0.25, -0.2) is 0 Å². The molecule has 0 unspecified atom stereocenters. The first-order valence-corrected chi connectivity index (χ1v) is 6.67. The van der Waals surface area contributed by atoms with Crippen LogP contribution in [-0.4, -0.2) is 11.9 Å². The number of benzene rings is 1. The lowest BCUT2D eigenvalue weighted by atomic mass is 9.95. The molecule has 2 aliphatic carbocycles. The van der Waals surface area contributed by atoms with Crippen LogP contribution < -0.4 is 5.32 Å². The summed E-state index contributed by atoms with van der Waals surface area (Å²) in [5.74, 6) is 1.52. The Morgan fingerprint density at radius 2 is 2.06 bits per heavy atom. The fourth-order valence-electron chi connectivity index (χ4n) is 3.31. The molecule has 0 aliphatic heterocycles. The molecule has 2 nitrogen and oxygen atoms in total. The van der Waals surface area contributed by atoms with Gasteiger partial charge in [0.15, 0.2) is 0 Å². The summed E-state index contributed by atoms with van der Waals surface area (Å²) in [6.45, 7) is 0. The highest BCUT2D eigenvalue weighted by atomic mass is 35.5. The van der Waals surface area contributed by atoms with Gasteiger partial charge in [0, 0.05) is 6.04 Å². The summed E-state index contributed by atoms with van der Waals surface area (Å²) in [4.78, 5) is 12.1. The zero-order valence-corrected chi connectivity index (χ0v) is 10.4. The highest BCUT2D eigenvalue weighted by Gasteiger charge is 2.40. The van der Waals surface area contributed by atoms with Crippen LogP contribution in [0.4, 0.5) is 0 Å². The molecule has 1 aromatic carbocycles. The number of nitrogens with one attached hydrogen (secondary N) is 1. The maximum atomic E-state index is 12.1. The molecule has 3 atom stereocenters. The Balaban J connectivity index is 1.70. The van der Waals surface area contributed by atoms with Crippen molar-refractivity contribution in [3.05, 3.63) is 34.9 Å². The van der Waals surface area contributed by atoms with Crippen LogP contribution >= 0.6 is 11.6 Å². The number of amides is 1. The molecule has 90 valence electrons. The second-order valence-electron chi connectivity index (χ2n) is 5.23. The first kappa shape index (κ1) is 11.1. The summed E-state index contributed by atoms with van der Waals surface area (Å²) in [6.07, 6.45) is 5.08. The van der Waals surface area contributed by atoms with Crippen LogP contribution in [0.15, 0.2) is 24.3 Å². The third-order valence-electron chi connectivity index (χ3n) is 4.17. The number of carbonyl (C=O) groups excluding carboxylic acids is 1. The highest BCUT2D eigenvalue weighted by molar-refractivity contribution is 6.33. The van der Waals surface area contributed by atoms with Gasteiger partial charge in [-0.2, -0.15) is 0 Å². The zero-order chi connectivity index (χ0) is 11.8. The Kier molecular flexibility index (Phi) is 2.83. The molecule has 0 radical (unpaired) electrons. The van der Waals surface area contributed by atoms with Crippen LogP contribution in [-0.2, 0) is 0 Å². The average molecular weight is 250 g/mol. The smallest absolute Gasteiger partial charge is 0.253 e. The van der Waals surface area contributed by atoms with Crippen molar-refractivity contribution < 1.29 is 4.79 Å². The van der Waals surface area contributed by atoms with Crippen molar-refractivity contribution in [3.63, 3.8) is 0 Å². The van der Waals surface area contributed by atoms with Crippen LogP contribution in [0, 0.1) is 11.8 Å². The van der Waals surface area contributed by atoms with E-state index in [1.165, 1.54) is 19.3 Å². The van der Waals surface area contributed by atoms with E-state index in [1.807, 2.05) is 12.1 Å². The van der Waals surface area contributed by atoms with Crippen molar-refractivity contribution in [1.29, 1.82) is 0 Å². The van der Waals surface area contributed by atoms with Crippen molar-refractivity contribution >= 4 is 17.5 Å². The van der Waals surface area contributed by atoms with Crippen LogP contribution in [0.2, 0.25) is 5.02 Å². The Morgan fingerprint density at radius 3 is 2.71 bits per heavy atom. The van der Waals surface area contributed by atoms with Crippen molar-refractivity contribution in [2.75, 3.05) is 0 Å². The summed E-state index contributed by atoms with van der Waals surface area (Å²) in [7, 11) is 0. The van der Waals surface area contributed by atoms with Gasteiger partial charge in [-0.1, -0.05) is 30.2 Å². The van der Waals surface area contributed by atoms with Crippen LogP contribution in [0.5, 0.6) is 0 Å².